The molecule has 0 aliphatic rings. The first-order valence-corrected chi connectivity index (χ1v) is 2.45. The zero-order valence-corrected chi connectivity index (χ0v) is 5.02. The molecule has 44 valence electrons. The molecule has 0 aromatic carbocycles. The van der Waals surface area contributed by atoms with E-state index in [2.05, 4.69) is 12.5 Å². The Balaban J connectivity index is 3.43. The molecule has 0 amide bonds. The van der Waals surface area contributed by atoms with Crippen molar-refractivity contribution in [2.45, 2.75) is 19.4 Å². The van der Waals surface area contributed by atoms with E-state index >= 15 is 0 Å². The first-order valence-electron chi connectivity index (χ1n) is 2.45. The summed E-state index contributed by atoms with van der Waals surface area (Å²) in [5.41, 5.74) is 0.912. The normalized spacial score (nSPS) is 12.1. The van der Waals surface area contributed by atoms with Crippen LogP contribution >= 0.6 is 0 Å². The molecule has 1 heteroatoms. The maximum atomic E-state index is 8.73. The van der Waals surface area contributed by atoms with E-state index in [9.17, 15) is 0 Å². The van der Waals surface area contributed by atoms with Gasteiger partial charge in [0.25, 0.3) is 0 Å². The van der Waals surface area contributed by atoms with E-state index in [1.165, 1.54) is 0 Å². The zero-order valence-electron chi connectivity index (χ0n) is 5.02. The van der Waals surface area contributed by atoms with Gasteiger partial charge in [-0.05, 0) is 6.92 Å². The highest BCUT2D eigenvalue weighted by Gasteiger charge is 1.95. The van der Waals surface area contributed by atoms with E-state index in [1.807, 2.05) is 6.92 Å². The van der Waals surface area contributed by atoms with Gasteiger partial charge in [0.1, 0.15) is 6.10 Å². The molecule has 1 unspecified atom stereocenters. The van der Waals surface area contributed by atoms with Crippen molar-refractivity contribution >= 4 is 0 Å². The molecule has 0 heterocycles. The third kappa shape index (κ3) is 3.45. The van der Waals surface area contributed by atoms with Gasteiger partial charge in [-0.15, -0.1) is 13.0 Å². The average molecular weight is 110 g/mol. The van der Waals surface area contributed by atoms with Crippen LogP contribution in [-0.4, -0.2) is 11.2 Å². The molecule has 1 N–H and O–H groups in total. The van der Waals surface area contributed by atoms with Crippen molar-refractivity contribution in [1.29, 1.82) is 0 Å². The molecule has 0 bridgehead atoms. The molecular formula is C7H10O. The topological polar surface area (TPSA) is 20.2 Å². The van der Waals surface area contributed by atoms with Crippen LogP contribution in [0.2, 0.25) is 0 Å². The number of terminal acetylenes is 1. The second kappa shape index (κ2) is 3.29. The van der Waals surface area contributed by atoms with Crippen LogP contribution in [0.3, 0.4) is 0 Å². The summed E-state index contributed by atoms with van der Waals surface area (Å²) in [7, 11) is 0. The molecule has 0 saturated carbocycles. The van der Waals surface area contributed by atoms with Crippen LogP contribution in [0.5, 0.6) is 0 Å². The van der Waals surface area contributed by atoms with Crippen LogP contribution in [0, 0.1) is 12.3 Å². The van der Waals surface area contributed by atoms with Crippen LogP contribution in [0.25, 0.3) is 0 Å². The molecule has 0 aliphatic carbocycles. The summed E-state index contributed by atoms with van der Waals surface area (Å²) in [5.74, 6) is 2.19. The van der Waals surface area contributed by atoms with Crippen LogP contribution in [0.1, 0.15) is 13.3 Å². The monoisotopic (exact) mass is 110 g/mol. The highest BCUT2D eigenvalue weighted by Crippen LogP contribution is 1.98. The number of rotatable bonds is 2. The average Bonchev–Trinajstić information content (AvgIpc) is 1.65. The molecule has 0 spiro atoms. The van der Waals surface area contributed by atoms with Crippen molar-refractivity contribution in [3.8, 4) is 12.3 Å². The number of hydrogen-bond acceptors (Lipinski definition) is 1. The number of hydrogen-bond donors (Lipinski definition) is 1. The fourth-order valence-corrected chi connectivity index (χ4v) is 0.389. The maximum Gasteiger partial charge on any atom is 0.118 e. The largest absolute Gasteiger partial charge is 0.380 e. The third-order valence-electron chi connectivity index (χ3n) is 0.734. The summed E-state index contributed by atoms with van der Waals surface area (Å²) in [5, 5.41) is 8.73. The van der Waals surface area contributed by atoms with E-state index in [-0.39, 0.29) is 0 Å². The molecule has 8 heavy (non-hydrogen) atoms. The minimum absolute atomic E-state index is 0.510. The standard InChI is InChI=1S/C7H10O/c1-4-7(8)5-6(2)3/h1,7-8H,2,5H2,3H3. The lowest BCUT2D eigenvalue weighted by atomic mass is 10.2. The quantitative estimate of drug-likeness (QED) is 0.414. The minimum Gasteiger partial charge on any atom is -0.380 e. The van der Waals surface area contributed by atoms with Crippen molar-refractivity contribution in [2.24, 2.45) is 0 Å². The van der Waals surface area contributed by atoms with E-state index < -0.39 is 6.10 Å². The molecule has 0 aromatic rings. The summed E-state index contributed by atoms with van der Waals surface area (Å²) in [6.45, 7) is 5.42. The Morgan fingerprint density at radius 1 is 2.00 bits per heavy atom. The molecule has 0 radical (unpaired) electrons. The Morgan fingerprint density at radius 3 is 2.62 bits per heavy atom. The molecule has 0 rings (SSSR count). The molecular weight excluding hydrogens is 100 g/mol. The van der Waals surface area contributed by atoms with Crippen LogP contribution in [-0.2, 0) is 0 Å². The van der Waals surface area contributed by atoms with Crippen LogP contribution in [0.4, 0.5) is 0 Å². The van der Waals surface area contributed by atoms with Gasteiger partial charge in [0.2, 0.25) is 0 Å². The second-order valence-corrected chi connectivity index (χ2v) is 1.84. The van der Waals surface area contributed by atoms with E-state index in [1.54, 1.807) is 0 Å². The second-order valence-electron chi connectivity index (χ2n) is 1.84. The van der Waals surface area contributed by atoms with Gasteiger partial charge in [0.05, 0.1) is 0 Å². The fraction of sp³-hybridized carbons (Fsp3) is 0.429. The highest BCUT2D eigenvalue weighted by molar-refractivity contribution is 5.02. The maximum absolute atomic E-state index is 8.73. The van der Waals surface area contributed by atoms with Crippen molar-refractivity contribution in [3.05, 3.63) is 12.2 Å². The lowest BCUT2D eigenvalue weighted by molar-refractivity contribution is 0.233. The summed E-state index contributed by atoms with van der Waals surface area (Å²) < 4.78 is 0. The van der Waals surface area contributed by atoms with Crippen molar-refractivity contribution < 1.29 is 5.11 Å². The van der Waals surface area contributed by atoms with Crippen LogP contribution < -0.4 is 0 Å². The lowest BCUT2D eigenvalue weighted by Crippen LogP contribution is -2.01. The predicted molar refractivity (Wildman–Crippen MR) is 34.3 cm³/mol. The molecule has 0 aliphatic heterocycles. The molecule has 0 saturated heterocycles. The van der Waals surface area contributed by atoms with Gasteiger partial charge in [0.15, 0.2) is 0 Å². The van der Waals surface area contributed by atoms with Crippen LogP contribution in [0.15, 0.2) is 12.2 Å². The van der Waals surface area contributed by atoms with Gasteiger partial charge in [-0.3, -0.25) is 0 Å². The van der Waals surface area contributed by atoms with Crippen molar-refractivity contribution in [2.75, 3.05) is 0 Å². The van der Waals surface area contributed by atoms with Gasteiger partial charge < -0.3 is 5.11 Å². The summed E-state index contributed by atoms with van der Waals surface area (Å²) in [4.78, 5) is 0. The molecule has 1 nitrogen and oxygen atoms in total. The Hall–Kier alpha value is -0.740. The fourth-order valence-electron chi connectivity index (χ4n) is 0.389. The van der Waals surface area contributed by atoms with Gasteiger partial charge in [-0.2, -0.15) is 0 Å². The smallest absolute Gasteiger partial charge is 0.118 e. The lowest BCUT2D eigenvalue weighted by Gasteiger charge is -1.99. The molecule has 0 aromatic heterocycles. The summed E-state index contributed by atoms with van der Waals surface area (Å²) >= 11 is 0. The summed E-state index contributed by atoms with van der Waals surface area (Å²) in [6.07, 6.45) is 4.74. The Bertz CT molecular complexity index is 119. The Morgan fingerprint density at radius 2 is 2.50 bits per heavy atom. The Labute approximate surface area is 50.0 Å². The number of aliphatic hydroxyl groups is 1. The zero-order chi connectivity index (χ0) is 6.57. The van der Waals surface area contributed by atoms with E-state index in [0.717, 1.165) is 5.57 Å². The van der Waals surface area contributed by atoms with Crippen molar-refractivity contribution in [1.82, 2.24) is 0 Å². The molecule has 1 atom stereocenters. The molecule has 0 fully saturated rings. The Kier molecular flexibility index (Phi) is 2.98. The predicted octanol–water partition coefficient (Wildman–Crippen LogP) is 0.947. The highest BCUT2D eigenvalue weighted by atomic mass is 16.3. The van der Waals surface area contributed by atoms with E-state index in [0.29, 0.717) is 6.42 Å². The first-order chi connectivity index (χ1) is 3.66. The van der Waals surface area contributed by atoms with Gasteiger partial charge in [-0.1, -0.05) is 11.5 Å². The van der Waals surface area contributed by atoms with Crippen molar-refractivity contribution in [3.63, 3.8) is 0 Å². The summed E-state index contributed by atoms with van der Waals surface area (Å²) in [6, 6.07) is 0. The van der Waals surface area contributed by atoms with Gasteiger partial charge in [-0.25, -0.2) is 0 Å². The SMILES string of the molecule is C#CC(O)CC(=C)C. The number of aliphatic hydroxyl groups excluding tert-OH is 1. The van der Waals surface area contributed by atoms with Gasteiger partial charge in [0, 0.05) is 6.42 Å². The third-order valence-corrected chi connectivity index (χ3v) is 0.734. The van der Waals surface area contributed by atoms with E-state index in [4.69, 9.17) is 11.5 Å². The first kappa shape index (κ1) is 7.26. The minimum atomic E-state index is -0.646. The van der Waals surface area contributed by atoms with Gasteiger partial charge >= 0.3 is 0 Å².